The molecule has 0 aliphatic carbocycles. The van der Waals surface area contributed by atoms with Crippen LogP contribution < -0.4 is 5.56 Å². The van der Waals surface area contributed by atoms with Crippen molar-refractivity contribution in [2.75, 3.05) is 0 Å². The molecule has 2 rings (SSSR count). The maximum absolute atomic E-state index is 12.4. The first-order valence-corrected chi connectivity index (χ1v) is 5.29. The van der Waals surface area contributed by atoms with E-state index in [9.17, 15) is 18.0 Å². The molecule has 1 N–H and O–H groups in total. The number of aryl methyl sites for hydroxylation is 1. The van der Waals surface area contributed by atoms with E-state index in [1.54, 1.807) is 12.1 Å². The van der Waals surface area contributed by atoms with E-state index in [4.69, 9.17) is 0 Å². The summed E-state index contributed by atoms with van der Waals surface area (Å²) in [6.45, 7) is 1.97. The minimum Gasteiger partial charge on any atom is -0.291 e. The molecule has 0 radical (unpaired) electrons. The fraction of sp³-hybridized carbons (Fsp3) is 0.250. The minimum absolute atomic E-state index is 0.0938. The Balaban J connectivity index is 2.30. The zero-order valence-corrected chi connectivity index (χ0v) is 9.58. The van der Waals surface area contributed by atoms with Crippen molar-refractivity contribution in [3.63, 3.8) is 0 Å². The smallest absolute Gasteiger partial charge is 0.291 e. The Kier molecular flexibility index (Phi) is 3.02. The van der Waals surface area contributed by atoms with E-state index in [0.717, 1.165) is 15.8 Å². The Hall–Kier alpha value is -1.98. The molecule has 6 heteroatoms. The second-order valence-corrected chi connectivity index (χ2v) is 4.08. The molecule has 1 aromatic heterocycles. The molecule has 0 unspecified atom stereocenters. The van der Waals surface area contributed by atoms with Crippen LogP contribution in [0.2, 0.25) is 0 Å². The van der Waals surface area contributed by atoms with Crippen molar-refractivity contribution in [1.29, 1.82) is 0 Å². The topological polar surface area (TPSA) is 37.8 Å². The molecule has 18 heavy (non-hydrogen) atoms. The molecular weight excluding hydrogens is 245 g/mol. The summed E-state index contributed by atoms with van der Waals surface area (Å²) in [7, 11) is 0. The van der Waals surface area contributed by atoms with Crippen LogP contribution in [0.15, 0.2) is 35.1 Å². The van der Waals surface area contributed by atoms with Gasteiger partial charge in [-0.3, -0.25) is 9.89 Å². The molecule has 96 valence electrons. The van der Waals surface area contributed by atoms with Crippen LogP contribution in [0.1, 0.15) is 16.8 Å². The Morgan fingerprint density at radius 2 is 2.00 bits per heavy atom. The van der Waals surface area contributed by atoms with Gasteiger partial charge >= 0.3 is 6.18 Å². The number of alkyl halides is 3. The molecule has 0 aliphatic rings. The molecular formula is C12H11F3N2O. The Bertz CT molecular complexity index is 610. The van der Waals surface area contributed by atoms with Gasteiger partial charge in [0.25, 0.3) is 5.56 Å². The monoisotopic (exact) mass is 256 g/mol. The summed E-state index contributed by atoms with van der Waals surface area (Å²) in [5, 5.41) is 2.07. The molecule has 0 atom stereocenters. The van der Waals surface area contributed by atoms with Crippen molar-refractivity contribution < 1.29 is 13.2 Å². The van der Waals surface area contributed by atoms with E-state index in [0.29, 0.717) is 6.07 Å². The number of nitrogens with zero attached hydrogens (tertiary/aromatic N) is 1. The fourth-order valence-electron chi connectivity index (χ4n) is 1.69. The number of nitrogens with one attached hydrogen (secondary N) is 1. The van der Waals surface area contributed by atoms with Crippen LogP contribution in [0.5, 0.6) is 0 Å². The van der Waals surface area contributed by atoms with Crippen molar-refractivity contribution in [3.8, 4) is 0 Å². The van der Waals surface area contributed by atoms with Crippen LogP contribution in [-0.4, -0.2) is 9.78 Å². The number of rotatable bonds is 2. The molecule has 0 fully saturated rings. The Morgan fingerprint density at radius 3 is 2.56 bits per heavy atom. The zero-order valence-electron chi connectivity index (χ0n) is 9.58. The predicted molar refractivity (Wildman–Crippen MR) is 60.3 cm³/mol. The summed E-state index contributed by atoms with van der Waals surface area (Å²) < 4.78 is 38.1. The van der Waals surface area contributed by atoms with Gasteiger partial charge in [-0.15, -0.1) is 0 Å². The summed E-state index contributed by atoms with van der Waals surface area (Å²) in [6.07, 6.45) is -4.53. The van der Waals surface area contributed by atoms with Gasteiger partial charge in [-0.1, -0.05) is 29.8 Å². The lowest BCUT2D eigenvalue weighted by Crippen LogP contribution is -2.16. The van der Waals surface area contributed by atoms with Crippen molar-refractivity contribution in [2.45, 2.75) is 19.6 Å². The normalized spacial score (nSPS) is 11.8. The van der Waals surface area contributed by atoms with E-state index in [-0.39, 0.29) is 6.54 Å². The number of aromatic amines is 1. The van der Waals surface area contributed by atoms with Gasteiger partial charge in [0.2, 0.25) is 0 Å². The number of hydrogen-bond donors (Lipinski definition) is 1. The third-order valence-corrected chi connectivity index (χ3v) is 2.52. The number of hydrogen-bond acceptors (Lipinski definition) is 1. The first kappa shape index (κ1) is 12.5. The van der Waals surface area contributed by atoms with Gasteiger partial charge in [0.1, 0.15) is 5.69 Å². The maximum atomic E-state index is 12.4. The first-order chi connectivity index (χ1) is 8.36. The highest BCUT2D eigenvalue weighted by molar-refractivity contribution is 5.22. The van der Waals surface area contributed by atoms with Gasteiger partial charge in [-0.25, -0.2) is 4.68 Å². The summed E-state index contributed by atoms with van der Waals surface area (Å²) in [5.41, 5.74) is 0.0415. The minimum atomic E-state index is -4.53. The molecule has 3 nitrogen and oxygen atoms in total. The largest absolute Gasteiger partial charge is 0.432 e. The highest BCUT2D eigenvalue weighted by Crippen LogP contribution is 2.26. The molecule has 1 heterocycles. The summed E-state index contributed by atoms with van der Waals surface area (Å²) in [4.78, 5) is 11.4. The van der Waals surface area contributed by atoms with Gasteiger partial charge in [0.15, 0.2) is 0 Å². The SMILES string of the molecule is Cc1cccc(Cn2[nH]c(C(F)(F)F)cc2=O)c1. The van der Waals surface area contributed by atoms with Crippen LogP contribution in [0.3, 0.4) is 0 Å². The number of aromatic nitrogens is 2. The highest BCUT2D eigenvalue weighted by atomic mass is 19.4. The van der Waals surface area contributed by atoms with Gasteiger partial charge in [-0.05, 0) is 12.5 Å². The van der Waals surface area contributed by atoms with Gasteiger partial charge in [-0.2, -0.15) is 13.2 Å². The summed E-state index contributed by atoms with van der Waals surface area (Å²) in [5.74, 6) is 0. The van der Waals surface area contributed by atoms with Crippen LogP contribution >= 0.6 is 0 Å². The molecule has 0 spiro atoms. The Labute approximate surface area is 101 Å². The zero-order chi connectivity index (χ0) is 13.3. The third kappa shape index (κ3) is 2.64. The molecule has 0 bridgehead atoms. The lowest BCUT2D eigenvalue weighted by Gasteiger charge is -2.05. The second kappa shape index (κ2) is 4.36. The van der Waals surface area contributed by atoms with Crippen LogP contribution in [0.25, 0.3) is 0 Å². The van der Waals surface area contributed by atoms with Gasteiger partial charge in [0, 0.05) is 6.07 Å². The van der Waals surface area contributed by atoms with Gasteiger partial charge in [0.05, 0.1) is 6.54 Å². The lowest BCUT2D eigenvalue weighted by molar-refractivity contribution is -0.141. The summed E-state index contributed by atoms with van der Waals surface area (Å²) in [6, 6.07) is 7.81. The van der Waals surface area contributed by atoms with Gasteiger partial charge < -0.3 is 0 Å². The van der Waals surface area contributed by atoms with Crippen LogP contribution in [0.4, 0.5) is 13.2 Å². The van der Waals surface area contributed by atoms with E-state index in [1.165, 1.54) is 0 Å². The molecule has 0 amide bonds. The predicted octanol–water partition coefficient (Wildman–Crippen LogP) is 2.55. The lowest BCUT2D eigenvalue weighted by atomic mass is 10.1. The third-order valence-electron chi connectivity index (χ3n) is 2.52. The van der Waals surface area contributed by atoms with E-state index < -0.39 is 17.4 Å². The fourth-order valence-corrected chi connectivity index (χ4v) is 1.69. The van der Waals surface area contributed by atoms with Crippen molar-refractivity contribution in [1.82, 2.24) is 9.78 Å². The average Bonchev–Trinajstić information content (AvgIpc) is 2.60. The number of H-pyrrole nitrogens is 1. The number of halogens is 3. The van der Waals surface area contributed by atoms with Crippen molar-refractivity contribution in [3.05, 3.63) is 57.5 Å². The molecule has 0 saturated carbocycles. The van der Waals surface area contributed by atoms with E-state index >= 15 is 0 Å². The Morgan fingerprint density at radius 1 is 1.28 bits per heavy atom. The highest BCUT2D eigenvalue weighted by Gasteiger charge is 2.33. The quantitative estimate of drug-likeness (QED) is 0.881. The average molecular weight is 256 g/mol. The summed E-state index contributed by atoms with van der Waals surface area (Å²) >= 11 is 0. The van der Waals surface area contributed by atoms with E-state index in [1.807, 2.05) is 19.1 Å². The van der Waals surface area contributed by atoms with Crippen LogP contribution in [-0.2, 0) is 12.7 Å². The molecule has 1 aromatic carbocycles. The maximum Gasteiger partial charge on any atom is 0.432 e. The second-order valence-electron chi connectivity index (χ2n) is 4.08. The van der Waals surface area contributed by atoms with Crippen LogP contribution in [0, 0.1) is 6.92 Å². The molecule has 2 aromatic rings. The van der Waals surface area contributed by atoms with Crippen molar-refractivity contribution >= 4 is 0 Å². The first-order valence-electron chi connectivity index (χ1n) is 5.29. The van der Waals surface area contributed by atoms with Crippen molar-refractivity contribution in [2.24, 2.45) is 0 Å². The molecule has 0 aliphatic heterocycles. The van der Waals surface area contributed by atoms with E-state index in [2.05, 4.69) is 5.10 Å². The standard InChI is InChI=1S/C12H11F3N2O/c1-8-3-2-4-9(5-8)7-17-11(18)6-10(16-17)12(13,14)15/h2-6,16H,7H2,1H3. The molecule has 0 saturated heterocycles. The number of benzene rings is 1.